The molecule has 0 heterocycles. The Labute approximate surface area is 153 Å². The van der Waals surface area contributed by atoms with Crippen LogP contribution in [0.15, 0.2) is 53.4 Å². The maximum absolute atomic E-state index is 12.4. The molecule has 0 aliphatic carbocycles. The van der Waals surface area contributed by atoms with Crippen molar-refractivity contribution in [2.24, 2.45) is 0 Å². The summed E-state index contributed by atoms with van der Waals surface area (Å²) in [6.07, 6.45) is -3.19. The second-order valence-corrected chi connectivity index (χ2v) is 8.78. The van der Waals surface area contributed by atoms with E-state index in [-0.39, 0.29) is 17.0 Å². The van der Waals surface area contributed by atoms with Gasteiger partial charge in [0.05, 0.1) is 17.2 Å². The number of hydrogen-bond donors (Lipinski definition) is 1. The molecule has 26 heavy (non-hydrogen) atoms. The van der Waals surface area contributed by atoms with Crippen molar-refractivity contribution in [1.29, 1.82) is 0 Å². The van der Waals surface area contributed by atoms with Crippen LogP contribution in [-0.2, 0) is 15.6 Å². The third kappa shape index (κ3) is 6.72. The average Bonchev–Trinajstić information content (AvgIpc) is 2.52. The number of carbonyl (C=O) groups excluding carboxylic acids is 1. The van der Waals surface area contributed by atoms with Crippen LogP contribution in [0, 0.1) is 0 Å². The Morgan fingerprint density at radius 2 is 1.69 bits per heavy atom. The number of rotatable bonds is 6. The molecule has 0 radical (unpaired) electrons. The molecular formula is C17H16F3NO3S2. The first kappa shape index (κ1) is 20.3. The molecular weight excluding hydrogens is 387 g/mol. The first-order valence-electron chi connectivity index (χ1n) is 7.40. The molecule has 0 bridgehead atoms. The number of nitrogens with one attached hydrogen (secondary N) is 1. The fraction of sp³-hybridized carbons (Fsp3) is 0.235. The van der Waals surface area contributed by atoms with Crippen molar-refractivity contribution in [2.75, 3.05) is 17.3 Å². The Bertz CT molecular complexity index is 879. The lowest BCUT2D eigenvalue weighted by Gasteiger charge is -2.12. The summed E-state index contributed by atoms with van der Waals surface area (Å²) in [6.45, 7) is 0. The molecule has 0 saturated heterocycles. The summed E-state index contributed by atoms with van der Waals surface area (Å²) < 4.78 is 59.8. The molecule has 4 nitrogen and oxygen atoms in total. The number of para-hydroxylation sites is 1. The van der Waals surface area contributed by atoms with Crippen LogP contribution in [0.1, 0.15) is 15.9 Å². The molecule has 2 aromatic carbocycles. The molecule has 140 valence electrons. The zero-order valence-corrected chi connectivity index (χ0v) is 15.3. The third-order valence-corrected chi connectivity index (χ3v) is 5.17. The maximum Gasteiger partial charge on any atom is 0.398 e. The van der Waals surface area contributed by atoms with Gasteiger partial charge in [0.2, 0.25) is 0 Å². The molecule has 1 N–H and O–H groups in total. The lowest BCUT2D eigenvalue weighted by atomic mass is 10.1. The van der Waals surface area contributed by atoms with E-state index in [1.165, 1.54) is 36.4 Å². The first-order chi connectivity index (χ1) is 12.0. The normalized spacial score (nSPS) is 12.0. The van der Waals surface area contributed by atoms with Gasteiger partial charge in [0, 0.05) is 16.7 Å². The second kappa shape index (κ2) is 8.13. The number of alkyl halides is 3. The van der Waals surface area contributed by atoms with E-state index in [0.717, 1.165) is 6.26 Å². The quantitative estimate of drug-likeness (QED) is 0.737. The predicted octanol–water partition coefficient (Wildman–Crippen LogP) is 4.14. The third-order valence-electron chi connectivity index (χ3n) is 3.17. The van der Waals surface area contributed by atoms with Gasteiger partial charge in [-0.1, -0.05) is 24.3 Å². The summed E-state index contributed by atoms with van der Waals surface area (Å²) in [7, 11) is -3.18. The molecule has 2 aromatic rings. The fourth-order valence-corrected chi connectivity index (χ4v) is 3.67. The summed E-state index contributed by atoms with van der Waals surface area (Å²) >= 11 is 0.594. The van der Waals surface area contributed by atoms with Gasteiger partial charge in [0.15, 0.2) is 9.84 Å². The van der Waals surface area contributed by atoms with Gasteiger partial charge in [-0.15, -0.1) is 11.8 Å². The van der Waals surface area contributed by atoms with Gasteiger partial charge in [0.1, 0.15) is 0 Å². The number of amides is 1. The summed E-state index contributed by atoms with van der Waals surface area (Å²) in [6, 6.07) is 12.2. The molecule has 0 aliphatic heterocycles. The van der Waals surface area contributed by atoms with Crippen LogP contribution in [0.3, 0.4) is 0 Å². The van der Waals surface area contributed by atoms with Crippen LogP contribution in [0.25, 0.3) is 0 Å². The minimum atomic E-state index is -4.31. The van der Waals surface area contributed by atoms with Crippen LogP contribution in [0.5, 0.6) is 0 Å². The lowest BCUT2D eigenvalue weighted by Crippen LogP contribution is -2.14. The van der Waals surface area contributed by atoms with Crippen molar-refractivity contribution in [3.05, 3.63) is 59.7 Å². The Kier molecular flexibility index (Phi) is 6.35. The minimum absolute atomic E-state index is 0.133. The summed E-state index contributed by atoms with van der Waals surface area (Å²) in [5, 5.41) is 2.59. The van der Waals surface area contributed by atoms with E-state index in [4.69, 9.17) is 0 Å². The Morgan fingerprint density at radius 1 is 1.08 bits per heavy atom. The van der Waals surface area contributed by atoms with E-state index in [9.17, 15) is 26.4 Å². The number of benzene rings is 2. The van der Waals surface area contributed by atoms with Crippen molar-refractivity contribution in [3.8, 4) is 0 Å². The van der Waals surface area contributed by atoms with Crippen LogP contribution >= 0.6 is 11.8 Å². The van der Waals surface area contributed by atoms with E-state index < -0.39 is 27.7 Å². The van der Waals surface area contributed by atoms with Crippen molar-refractivity contribution < 1.29 is 26.4 Å². The molecule has 0 fully saturated rings. The number of anilines is 1. The Balaban J connectivity index is 2.10. The highest BCUT2D eigenvalue weighted by Crippen LogP contribution is 2.32. The van der Waals surface area contributed by atoms with Gasteiger partial charge in [-0.25, -0.2) is 8.42 Å². The van der Waals surface area contributed by atoms with Crippen LogP contribution in [-0.4, -0.2) is 32.5 Å². The van der Waals surface area contributed by atoms with Crippen molar-refractivity contribution in [1.82, 2.24) is 0 Å². The first-order valence-corrected chi connectivity index (χ1v) is 10.4. The minimum Gasteiger partial charge on any atom is -0.321 e. The Morgan fingerprint density at radius 3 is 2.27 bits per heavy atom. The smallest absolute Gasteiger partial charge is 0.321 e. The van der Waals surface area contributed by atoms with Crippen molar-refractivity contribution >= 4 is 33.2 Å². The molecule has 0 aliphatic rings. The molecule has 9 heteroatoms. The van der Waals surface area contributed by atoms with Crippen molar-refractivity contribution in [3.63, 3.8) is 0 Å². The lowest BCUT2D eigenvalue weighted by molar-refractivity contribution is -0.105. The Hall–Kier alpha value is -2.00. The number of sulfone groups is 1. The molecule has 0 spiro atoms. The molecule has 0 aromatic heterocycles. The van der Waals surface area contributed by atoms with Gasteiger partial charge in [-0.2, -0.15) is 13.2 Å². The highest BCUT2D eigenvalue weighted by Gasteiger charge is 2.27. The van der Waals surface area contributed by atoms with Crippen molar-refractivity contribution in [2.45, 2.75) is 16.8 Å². The molecule has 0 unspecified atom stereocenters. The fourth-order valence-electron chi connectivity index (χ4n) is 2.10. The molecule has 2 rings (SSSR count). The molecule has 1 amide bonds. The predicted molar refractivity (Wildman–Crippen MR) is 96.2 cm³/mol. The maximum atomic E-state index is 12.4. The number of hydrogen-bond acceptors (Lipinski definition) is 4. The van der Waals surface area contributed by atoms with Gasteiger partial charge in [-0.3, -0.25) is 4.79 Å². The standard InChI is InChI=1S/C17H16F3NO3S2/c1-26(23,24)10-12-6-8-13(9-7-12)16(22)21-14-4-2-3-5-15(14)25-11-17(18,19)20/h2-9H,10-11H2,1H3,(H,21,22). The van der Waals surface area contributed by atoms with Crippen LogP contribution in [0.4, 0.5) is 18.9 Å². The highest BCUT2D eigenvalue weighted by molar-refractivity contribution is 7.99. The van der Waals surface area contributed by atoms with E-state index in [2.05, 4.69) is 5.32 Å². The van der Waals surface area contributed by atoms with Crippen LogP contribution < -0.4 is 5.32 Å². The highest BCUT2D eigenvalue weighted by atomic mass is 32.2. The van der Waals surface area contributed by atoms with E-state index in [1.807, 2.05) is 0 Å². The SMILES string of the molecule is CS(=O)(=O)Cc1ccc(C(=O)Nc2ccccc2SCC(F)(F)F)cc1. The number of thioether (sulfide) groups is 1. The topological polar surface area (TPSA) is 63.2 Å². The average molecular weight is 403 g/mol. The monoisotopic (exact) mass is 403 g/mol. The van der Waals surface area contributed by atoms with E-state index in [0.29, 0.717) is 22.2 Å². The van der Waals surface area contributed by atoms with Crippen LogP contribution in [0.2, 0.25) is 0 Å². The zero-order valence-electron chi connectivity index (χ0n) is 13.7. The number of carbonyl (C=O) groups is 1. The van der Waals surface area contributed by atoms with E-state index >= 15 is 0 Å². The van der Waals surface area contributed by atoms with Gasteiger partial charge in [0.25, 0.3) is 5.91 Å². The van der Waals surface area contributed by atoms with Gasteiger partial charge < -0.3 is 5.32 Å². The second-order valence-electron chi connectivity index (χ2n) is 5.62. The summed E-state index contributed by atoms with van der Waals surface area (Å²) in [4.78, 5) is 12.6. The summed E-state index contributed by atoms with van der Waals surface area (Å²) in [5.74, 6) is -1.68. The molecule has 0 saturated carbocycles. The number of halogens is 3. The molecule has 0 atom stereocenters. The van der Waals surface area contributed by atoms with E-state index in [1.54, 1.807) is 12.1 Å². The summed E-state index contributed by atoms with van der Waals surface area (Å²) in [5.41, 5.74) is 1.11. The van der Waals surface area contributed by atoms with Gasteiger partial charge >= 0.3 is 6.18 Å². The largest absolute Gasteiger partial charge is 0.398 e. The zero-order chi connectivity index (χ0) is 19.4. The van der Waals surface area contributed by atoms with Gasteiger partial charge in [-0.05, 0) is 29.8 Å².